The number of hydrogen-bond donors (Lipinski definition) is 6. The van der Waals surface area contributed by atoms with Gasteiger partial charge in [0.15, 0.2) is 5.71 Å². The van der Waals surface area contributed by atoms with Crippen LogP contribution in [0, 0.1) is 0 Å². The Morgan fingerprint density at radius 2 is 1.29 bits per heavy atom. The van der Waals surface area contributed by atoms with Crippen molar-refractivity contribution in [2.24, 2.45) is 0 Å². The number of fused-ring (bicyclic) bond motifs is 6. The Morgan fingerprint density at radius 1 is 0.712 bits per heavy atom. The summed E-state index contributed by atoms with van der Waals surface area (Å²) in [7, 11) is -15.1. The molecule has 6 rings (SSSR count). The normalized spacial score (nSPS) is 17.8. The van der Waals surface area contributed by atoms with Crippen LogP contribution in [0.3, 0.4) is 0 Å². The lowest BCUT2D eigenvalue weighted by Crippen LogP contribution is -2.29. The Hall–Kier alpha value is -4.00. The molecule has 0 fully saturated rings. The van der Waals surface area contributed by atoms with Crippen LogP contribution in [0.5, 0.6) is 0 Å². The number of hydrogen-bond acceptors (Lipinski definition) is 6. The Labute approximate surface area is 345 Å². The molecule has 0 aromatic heterocycles. The fraction of sp³-hybridized carbons (Fsp3) is 0.341. The van der Waals surface area contributed by atoms with Gasteiger partial charge in [-0.15, -0.1) is 0 Å². The second-order valence-corrected chi connectivity index (χ2v) is 21.9. The average molecular weight is 864 g/mol. The Morgan fingerprint density at radius 3 is 1.92 bits per heavy atom. The van der Waals surface area contributed by atoms with E-state index in [1.54, 1.807) is 0 Å². The summed E-state index contributed by atoms with van der Waals surface area (Å²) in [5.41, 5.74) is 5.57. The van der Waals surface area contributed by atoms with Gasteiger partial charge in [0, 0.05) is 53.9 Å². The van der Waals surface area contributed by atoms with Crippen molar-refractivity contribution in [2.45, 2.75) is 75.7 Å². The van der Waals surface area contributed by atoms with Crippen LogP contribution < -0.4 is 4.90 Å². The maximum Gasteiger partial charge on any atom is 0.369 e. The molecule has 2 heterocycles. The van der Waals surface area contributed by atoms with E-state index in [9.17, 15) is 46.8 Å². The van der Waals surface area contributed by atoms with Crippen molar-refractivity contribution in [1.29, 1.82) is 0 Å². The Balaban J connectivity index is 1.26. The second kappa shape index (κ2) is 16.8. The smallest absolute Gasteiger partial charge is 0.368 e. The predicted molar refractivity (Wildman–Crippen MR) is 235 cm³/mol. The Kier molecular flexibility index (Phi) is 12.7. The van der Waals surface area contributed by atoms with Crippen molar-refractivity contribution in [3.63, 3.8) is 0 Å². The zero-order chi connectivity index (χ0) is 43.0. The van der Waals surface area contributed by atoms with Gasteiger partial charge in [0.1, 0.15) is 6.54 Å². The molecule has 0 saturated carbocycles. The minimum absolute atomic E-state index is 0.0517. The van der Waals surface area contributed by atoms with Gasteiger partial charge in [-0.2, -0.15) is 13.0 Å². The predicted octanol–water partition coefficient (Wildman–Crippen LogP) is 8.56. The highest BCUT2D eigenvalue weighted by molar-refractivity contribution is 7.85. The number of rotatable bonds is 16. The van der Waals surface area contributed by atoms with Gasteiger partial charge in [-0.1, -0.05) is 98.8 Å². The third-order valence-electron chi connectivity index (χ3n) is 11.6. The molecule has 314 valence electrons. The van der Waals surface area contributed by atoms with E-state index in [1.807, 2.05) is 72.9 Å². The number of allylic oxidation sites excluding steroid dienone is 8. The fourth-order valence-electron chi connectivity index (χ4n) is 8.69. The molecule has 12 nitrogen and oxygen atoms in total. The highest BCUT2D eigenvalue weighted by atomic mass is 32.2. The summed E-state index contributed by atoms with van der Waals surface area (Å²) in [6.45, 7) is 9.60. The van der Waals surface area contributed by atoms with Crippen LogP contribution in [0.4, 0.5) is 11.4 Å². The molecule has 0 amide bonds. The lowest BCUT2D eigenvalue weighted by molar-refractivity contribution is -0.438. The molecule has 0 bridgehead atoms. The van der Waals surface area contributed by atoms with Crippen molar-refractivity contribution < 1.29 is 51.4 Å². The first-order valence-electron chi connectivity index (χ1n) is 19.6. The van der Waals surface area contributed by atoms with Gasteiger partial charge >= 0.3 is 15.2 Å². The standard InChI is InChI=1S/C44H52N2O10P2S/c1-42(2)38(45(36-26-24-32-18-10-12-20-34(32)40(36)42)29-15-14-28-44(47,57(48,49)50)58(51,52)53)22-8-6-5-7-9-23-39-43(3,4)41-35-21-13-11-19-33(35)25-27-37(41)46(39)30-16-17-31-59(54,55)56/h5-13,18-27,47H,14-17,28-31H2,1-4H3,(H4-,48,49,50,51,52,53,54,55,56)/p+1. The van der Waals surface area contributed by atoms with Crippen LogP contribution in [0.25, 0.3) is 21.5 Å². The van der Waals surface area contributed by atoms with Gasteiger partial charge in [0.25, 0.3) is 15.2 Å². The first-order chi connectivity index (χ1) is 27.6. The summed E-state index contributed by atoms with van der Waals surface area (Å²) in [5, 5.41) is 11.5. The third kappa shape index (κ3) is 8.91. The maximum absolute atomic E-state index is 12.0. The second-order valence-electron chi connectivity index (χ2n) is 16.3. The third-order valence-corrected chi connectivity index (χ3v) is 16.3. The first kappa shape index (κ1) is 44.5. The largest absolute Gasteiger partial charge is 0.369 e. The summed E-state index contributed by atoms with van der Waals surface area (Å²) in [6, 6.07) is 24.7. The highest BCUT2D eigenvalue weighted by Crippen LogP contribution is 2.69. The SMILES string of the molecule is CC1(C)C(=CC=CC=CC=CC2=[N+](CCCCC(O)(P(=O)(O)O)P(=O)(O)O)c3ccc4ccccc4c3C2(C)C)N(CCCCS(=O)(=O)O)c2ccc3ccccc3c21. The molecule has 0 aliphatic carbocycles. The van der Waals surface area contributed by atoms with Crippen molar-refractivity contribution in [3.8, 4) is 0 Å². The summed E-state index contributed by atoms with van der Waals surface area (Å²) in [6.07, 6.45) is 14.2. The van der Waals surface area contributed by atoms with E-state index in [0.29, 0.717) is 25.9 Å². The van der Waals surface area contributed by atoms with Gasteiger partial charge in [0.2, 0.25) is 5.69 Å². The average Bonchev–Trinajstić information content (AvgIpc) is 3.51. The van der Waals surface area contributed by atoms with E-state index in [2.05, 4.69) is 79.6 Å². The summed E-state index contributed by atoms with van der Waals surface area (Å²) in [4.78, 5) is 40.8. The number of nitrogens with zero attached hydrogens (tertiary/aromatic N) is 2. The molecule has 4 aromatic rings. The van der Waals surface area contributed by atoms with Gasteiger partial charge < -0.3 is 29.6 Å². The van der Waals surface area contributed by atoms with Crippen LogP contribution in [-0.4, -0.2) is 71.9 Å². The quantitative estimate of drug-likeness (QED) is 0.0208. The summed E-state index contributed by atoms with van der Waals surface area (Å²) < 4.78 is 58.1. The summed E-state index contributed by atoms with van der Waals surface area (Å²) in [5.74, 6) is -0.286. The van der Waals surface area contributed by atoms with Gasteiger partial charge in [-0.25, -0.2) is 0 Å². The molecule has 4 aromatic carbocycles. The van der Waals surface area contributed by atoms with Crippen molar-refractivity contribution in [2.75, 3.05) is 23.7 Å². The maximum atomic E-state index is 12.0. The highest BCUT2D eigenvalue weighted by Gasteiger charge is 2.58. The van der Waals surface area contributed by atoms with Gasteiger partial charge in [-0.05, 0) is 78.4 Å². The van der Waals surface area contributed by atoms with E-state index >= 15 is 0 Å². The minimum atomic E-state index is -5.55. The van der Waals surface area contributed by atoms with Crippen LogP contribution >= 0.6 is 15.2 Å². The van der Waals surface area contributed by atoms with Crippen molar-refractivity contribution in [3.05, 3.63) is 132 Å². The molecule has 0 spiro atoms. The van der Waals surface area contributed by atoms with E-state index in [0.717, 1.165) is 49.9 Å². The van der Waals surface area contributed by atoms with Gasteiger partial charge in [-0.3, -0.25) is 13.7 Å². The van der Waals surface area contributed by atoms with E-state index < -0.39 is 42.2 Å². The first-order valence-corrected chi connectivity index (χ1v) is 24.4. The number of aliphatic hydroxyl groups is 1. The molecule has 6 N–H and O–H groups in total. The van der Waals surface area contributed by atoms with E-state index in [4.69, 9.17) is 0 Å². The van der Waals surface area contributed by atoms with Crippen LogP contribution in [0.15, 0.2) is 121 Å². The molecule has 15 heteroatoms. The number of anilines is 1. The molecule has 2 aliphatic heterocycles. The van der Waals surface area contributed by atoms with Gasteiger partial charge in [0.05, 0.1) is 11.2 Å². The molecule has 2 aliphatic rings. The summed E-state index contributed by atoms with van der Waals surface area (Å²) >= 11 is 0. The zero-order valence-corrected chi connectivity index (χ0v) is 36.2. The molecule has 0 unspecified atom stereocenters. The van der Waals surface area contributed by atoms with E-state index in [1.165, 1.54) is 5.56 Å². The minimum Gasteiger partial charge on any atom is -0.368 e. The Bertz CT molecular complexity index is 2610. The monoisotopic (exact) mass is 863 g/mol. The number of benzene rings is 4. The fourth-order valence-corrected chi connectivity index (χ4v) is 11.5. The number of unbranched alkanes of at least 4 members (excludes halogenated alkanes) is 2. The van der Waals surface area contributed by atoms with E-state index in [-0.39, 0.29) is 24.0 Å². The molecular formula is C44H53N2O10P2S+. The topological polar surface area (TPSA) is 196 Å². The lowest BCUT2D eigenvalue weighted by Gasteiger charge is -2.29. The zero-order valence-electron chi connectivity index (χ0n) is 33.6. The van der Waals surface area contributed by atoms with Crippen LogP contribution in [0.2, 0.25) is 0 Å². The molecular weight excluding hydrogens is 811 g/mol. The van der Waals surface area contributed by atoms with Crippen LogP contribution in [-0.2, 0) is 30.1 Å². The van der Waals surface area contributed by atoms with Crippen LogP contribution in [0.1, 0.15) is 70.9 Å². The van der Waals surface area contributed by atoms with Crippen molar-refractivity contribution >= 4 is 63.9 Å². The lowest BCUT2D eigenvalue weighted by atomic mass is 9.79. The molecule has 59 heavy (non-hydrogen) atoms. The molecule has 0 saturated heterocycles. The molecule has 0 radical (unpaired) electrons. The van der Waals surface area contributed by atoms with Crippen molar-refractivity contribution in [1.82, 2.24) is 0 Å². The molecule has 0 atom stereocenters.